The Morgan fingerprint density at radius 3 is 0.690 bits per heavy atom. The van der Waals surface area contributed by atoms with E-state index in [9.17, 15) is 25.9 Å². The van der Waals surface area contributed by atoms with Crippen molar-refractivity contribution in [2.75, 3.05) is 13.2 Å². The quantitative estimate of drug-likeness (QED) is 0.0193. The van der Waals surface area contributed by atoms with Gasteiger partial charge in [-0.25, -0.2) is 16.8 Å². The fraction of sp³-hybridized carbons (Fsp3) is 0.933. The Balaban J connectivity index is -0.00000128. The molecule has 0 bridgehead atoms. The first-order valence-corrected chi connectivity index (χ1v) is 33.2. The van der Waals surface area contributed by atoms with E-state index in [1.54, 1.807) is 0 Å². The van der Waals surface area contributed by atoms with Gasteiger partial charge in [-0.2, -0.15) is 0 Å². The Bertz CT molecular complexity index is 1190. The van der Waals surface area contributed by atoms with Crippen LogP contribution in [0.1, 0.15) is 336 Å². The zero-order chi connectivity index (χ0) is 51.8. The van der Waals surface area contributed by atoms with E-state index in [-0.39, 0.29) is 62.8 Å². The molecule has 0 saturated heterocycles. The van der Waals surface area contributed by atoms with Gasteiger partial charge in [0.05, 0.1) is 13.2 Å². The van der Waals surface area contributed by atoms with Crippen LogP contribution in [0.5, 0.6) is 0 Å². The first-order chi connectivity index (χ1) is 34.0. The Labute approximate surface area is 474 Å². The average molecular weight is 1070 g/mol. The van der Waals surface area contributed by atoms with Crippen LogP contribution in [0.2, 0.25) is 0 Å². The maximum atomic E-state index is 10.9. The minimum atomic E-state index is -4.61. The van der Waals surface area contributed by atoms with E-state index in [0.29, 0.717) is 0 Å². The molecular formula is C60H118CaO8S2. The number of allylic oxidation sites excluding steroid dienone is 2. The Kier molecular flexibility index (Phi) is 65.4. The molecule has 0 aromatic rings. The SMILES string of the molecule is CCCCCCCCCCCC/C=C/C(CCCCCCCCCCCCCC)COS(=O)(=O)[O-].CCCCCCCCCCCC/C=C/C(CCCCCCCCCCCCCC)COS(=O)(=O)[O-].[Ca+2]. The number of unbranched alkanes of at least 4 members (excludes halogenated alkanes) is 42. The molecule has 11 heteroatoms. The standard InChI is InChI=1S/2C30H60O4S.Ca/c2*1-3-5-7-9-11-13-15-17-19-21-23-25-27-30(29-34-35(31,32)33)28-26-24-22-20-18-16-14-12-10-8-6-4-2;/h2*25,27,30H,3-24,26,28-29H2,1-2H3,(H,31,32,33);/q;;+2/p-2/b2*27-25+;. The molecule has 8 nitrogen and oxygen atoms in total. The van der Waals surface area contributed by atoms with Crippen molar-refractivity contribution in [3.8, 4) is 0 Å². The van der Waals surface area contributed by atoms with Crippen LogP contribution in [0, 0.1) is 11.8 Å². The van der Waals surface area contributed by atoms with Gasteiger partial charge in [-0.05, 0) is 38.5 Å². The van der Waals surface area contributed by atoms with Crippen molar-refractivity contribution in [3.05, 3.63) is 24.3 Å². The number of hydrogen-bond donors (Lipinski definition) is 0. The molecule has 0 spiro atoms. The molecule has 71 heavy (non-hydrogen) atoms. The summed E-state index contributed by atoms with van der Waals surface area (Å²) in [5, 5.41) is 0. The first kappa shape index (κ1) is 75.7. The molecule has 420 valence electrons. The van der Waals surface area contributed by atoms with E-state index in [0.717, 1.165) is 38.5 Å². The van der Waals surface area contributed by atoms with E-state index in [1.807, 2.05) is 0 Å². The summed E-state index contributed by atoms with van der Waals surface area (Å²) in [5.74, 6) is 0.0370. The third-order valence-corrected chi connectivity index (χ3v) is 14.8. The fourth-order valence-corrected chi connectivity index (χ4v) is 10.1. The number of rotatable bonds is 56. The van der Waals surface area contributed by atoms with Gasteiger partial charge in [0, 0.05) is 11.8 Å². The summed E-state index contributed by atoms with van der Waals surface area (Å²) in [5.41, 5.74) is 0. The molecule has 0 radical (unpaired) electrons. The van der Waals surface area contributed by atoms with Crippen LogP contribution in [-0.2, 0) is 29.2 Å². The average Bonchev–Trinajstić information content (AvgIpc) is 3.32. The van der Waals surface area contributed by atoms with Gasteiger partial charge >= 0.3 is 37.7 Å². The van der Waals surface area contributed by atoms with Crippen molar-refractivity contribution in [2.24, 2.45) is 11.8 Å². The molecule has 0 aromatic carbocycles. The van der Waals surface area contributed by atoms with Gasteiger partial charge in [-0.3, -0.25) is 8.37 Å². The molecule has 2 atom stereocenters. The zero-order valence-electron chi connectivity index (χ0n) is 47.6. The summed E-state index contributed by atoms with van der Waals surface area (Å²) in [6, 6.07) is 0. The predicted octanol–water partition coefficient (Wildman–Crippen LogP) is 19.7. The number of hydrogen-bond acceptors (Lipinski definition) is 8. The molecule has 0 amide bonds. The fourth-order valence-electron chi connectivity index (χ4n) is 9.38. The summed E-state index contributed by atoms with van der Waals surface area (Å²) in [6.07, 6.45) is 70.2. The molecular weight excluding hydrogens is 953 g/mol. The normalized spacial score (nSPS) is 12.9. The molecule has 0 rings (SSSR count). The minimum Gasteiger partial charge on any atom is -0.726 e. The van der Waals surface area contributed by atoms with Crippen molar-refractivity contribution in [2.45, 2.75) is 336 Å². The van der Waals surface area contributed by atoms with Gasteiger partial charge in [-0.1, -0.05) is 322 Å². The van der Waals surface area contributed by atoms with Crippen molar-refractivity contribution in [1.82, 2.24) is 0 Å². The van der Waals surface area contributed by atoms with Gasteiger partial charge in [0.2, 0.25) is 20.8 Å². The van der Waals surface area contributed by atoms with Crippen LogP contribution in [-0.4, -0.2) is 76.9 Å². The van der Waals surface area contributed by atoms with Crippen molar-refractivity contribution >= 4 is 58.5 Å². The van der Waals surface area contributed by atoms with Gasteiger partial charge in [0.15, 0.2) is 0 Å². The molecule has 0 aliphatic heterocycles. The molecule has 0 saturated carbocycles. The van der Waals surface area contributed by atoms with E-state index in [1.165, 1.54) is 270 Å². The molecule has 0 aromatic heterocycles. The smallest absolute Gasteiger partial charge is 0.726 e. The Hall–Kier alpha value is 0.480. The Morgan fingerprint density at radius 1 is 0.310 bits per heavy atom. The molecule has 0 N–H and O–H groups in total. The summed E-state index contributed by atoms with van der Waals surface area (Å²) in [4.78, 5) is 0. The van der Waals surface area contributed by atoms with Crippen LogP contribution in [0.3, 0.4) is 0 Å². The largest absolute Gasteiger partial charge is 2.00 e. The maximum absolute atomic E-state index is 10.9. The van der Waals surface area contributed by atoms with E-state index < -0.39 is 20.8 Å². The molecule has 0 aliphatic rings. The van der Waals surface area contributed by atoms with Crippen molar-refractivity contribution < 1.29 is 34.3 Å². The van der Waals surface area contributed by atoms with Crippen molar-refractivity contribution in [3.63, 3.8) is 0 Å². The summed E-state index contributed by atoms with van der Waals surface area (Å²) in [6.45, 7) is 9.01. The van der Waals surface area contributed by atoms with Gasteiger partial charge in [-0.15, -0.1) is 0 Å². The van der Waals surface area contributed by atoms with E-state index in [2.05, 4.69) is 60.4 Å². The third kappa shape index (κ3) is 70.5. The van der Waals surface area contributed by atoms with Crippen LogP contribution in [0.15, 0.2) is 24.3 Å². The summed E-state index contributed by atoms with van der Waals surface area (Å²) >= 11 is 0. The van der Waals surface area contributed by atoms with Crippen LogP contribution < -0.4 is 0 Å². The molecule has 0 heterocycles. The van der Waals surface area contributed by atoms with Crippen LogP contribution in [0.4, 0.5) is 0 Å². The second kappa shape index (κ2) is 61.3. The second-order valence-corrected chi connectivity index (χ2v) is 23.2. The summed E-state index contributed by atoms with van der Waals surface area (Å²) in [7, 11) is -9.23. The van der Waals surface area contributed by atoms with Gasteiger partial charge < -0.3 is 9.11 Å². The van der Waals surface area contributed by atoms with Gasteiger partial charge in [0.1, 0.15) is 0 Å². The molecule has 0 aliphatic carbocycles. The van der Waals surface area contributed by atoms with Crippen molar-refractivity contribution in [1.29, 1.82) is 0 Å². The zero-order valence-corrected chi connectivity index (χ0v) is 51.5. The van der Waals surface area contributed by atoms with E-state index >= 15 is 0 Å². The Morgan fingerprint density at radius 2 is 0.493 bits per heavy atom. The van der Waals surface area contributed by atoms with Crippen LogP contribution >= 0.6 is 0 Å². The van der Waals surface area contributed by atoms with Crippen LogP contribution in [0.25, 0.3) is 0 Å². The second-order valence-electron chi connectivity index (χ2n) is 21.1. The molecule has 0 fully saturated rings. The van der Waals surface area contributed by atoms with E-state index in [4.69, 9.17) is 0 Å². The minimum absolute atomic E-state index is 0. The summed E-state index contributed by atoms with van der Waals surface area (Å²) < 4.78 is 74.4. The topological polar surface area (TPSA) is 133 Å². The molecule has 2 unspecified atom stereocenters. The maximum Gasteiger partial charge on any atom is 2.00 e. The first-order valence-electron chi connectivity index (χ1n) is 30.5. The monoisotopic (exact) mass is 1070 g/mol. The van der Waals surface area contributed by atoms with Gasteiger partial charge in [0.25, 0.3) is 0 Å². The third-order valence-electron chi connectivity index (χ3n) is 14.0. The predicted molar refractivity (Wildman–Crippen MR) is 307 cm³/mol.